The fraction of sp³-hybridized carbons (Fsp3) is 0.0556. The lowest BCUT2D eigenvalue weighted by Crippen LogP contribution is -2.46. The Morgan fingerprint density at radius 3 is 2.56 bits per heavy atom. The summed E-state index contributed by atoms with van der Waals surface area (Å²) in [5, 5.41) is 4.13. The molecule has 0 saturated carbocycles. The number of pyridine rings is 1. The summed E-state index contributed by atoms with van der Waals surface area (Å²) in [5.74, 6) is -0.684. The van der Waals surface area contributed by atoms with Crippen LogP contribution < -0.4 is 16.2 Å². The van der Waals surface area contributed by atoms with Gasteiger partial charge in [-0.3, -0.25) is 15.6 Å². The maximum absolute atomic E-state index is 12.8. The first kappa shape index (κ1) is 16.8. The van der Waals surface area contributed by atoms with E-state index < -0.39 is 5.91 Å². The van der Waals surface area contributed by atoms with Crippen LogP contribution in [0.15, 0.2) is 60.7 Å². The van der Waals surface area contributed by atoms with E-state index in [2.05, 4.69) is 21.2 Å². The van der Waals surface area contributed by atoms with Crippen LogP contribution in [0.3, 0.4) is 0 Å². The maximum Gasteiger partial charge on any atom is 0.288 e. The highest BCUT2D eigenvalue weighted by Crippen LogP contribution is 2.11. The zero-order valence-electron chi connectivity index (χ0n) is 13.1. The van der Waals surface area contributed by atoms with Crippen molar-refractivity contribution in [2.75, 3.05) is 0 Å². The minimum Gasteiger partial charge on any atom is -0.357 e. The van der Waals surface area contributed by atoms with Crippen molar-refractivity contribution in [1.82, 2.24) is 21.2 Å². The second-order valence-corrected chi connectivity index (χ2v) is 5.69. The van der Waals surface area contributed by atoms with Crippen LogP contribution in [0.2, 0.25) is 0 Å². The molecule has 1 amide bonds. The molecule has 3 rings (SSSR count). The van der Waals surface area contributed by atoms with Crippen LogP contribution in [0.4, 0.5) is 4.39 Å². The number of aromatic nitrogens is 1. The number of benzene rings is 2. The number of nitrogens with zero attached hydrogens (tertiary/aromatic N) is 1. The van der Waals surface area contributed by atoms with Gasteiger partial charge < -0.3 is 5.32 Å². The number of carbonyl (C=O) groups excluding carboxylic acids is 1. The van der Waals surface area contributed by atoms with Crippen LogP contribution in [0, 0.1) is 5.82 Å². The SMILES string of the molecule is O=C(NNC(=S)NCc1ccc(F)cc1)c1ccc2ccccc2n1. The molecule has 0 spiro atoms. The Bertz CT molecular complexity index is 914. The average Bonchev–Trinajstić information content (AvgIpc) is 2.65. The molecule has 1 heterocycles. The van der Waals surface area contributed by atoms with Crippen molar-refractivity contribution in [1.29, 1.82) is 0 Å². The zero-order chi connectivity index (χ0) is 17.6. The molecule has 0 atom stereocenters. The lowest BCUT2D eigenvalue weighted by Gasteiger charge is -2.11. The number of amides is 1. The molecule has 0 unspecified atom stereocenters. The highest BCUT2D eigenvalue weighted by Gasteiger charge is 2.08. The van der Waals surface area contributed by atoms with Crippen molar-refractivity contribution in [3.05, 3.63) is 77.7 Å². The fourth-order valence-corrected chi connectivity index (χ4v) is 2.32. The number of fused-ring (bicyclic) bond motifs is 1. The van der Waals surface area contributed by atoms with E-state index in [1.54, 1.807) is 18.2 Å². The zero-order valence-corrected chi connectivity index (χ0v) is 13.9. The second-order valence-electron chi connectivity index (χ2n) is 5.28. The van der Waals surface area contributed by atoms with Gasteiger partial charge in [0.15, 0.2) is 5.11 Å². The van der Waals surface area contributed by atoms with Gasteiger partial charge in [0.2, 0.25) is 0 Å². The molecule has 0 saturated heterocycles. The van der Waals surface area contributed by atoms with Crippen molar-refractivity contribution in [3.63, 3.8) is 0 Å². The Balaban J connectivity index is 1.52. The number of hydrazine groups is 1. The molecule has 2 aromatic carbocycles. The van der Waals surface area contributed by atoms with Gasteiger partial charge in [-0.15, -0.1) is 0 Å². The molecule has 3 aromatic rings. The van der Waals surface area contributed by atoms with Crippen molar-refractivity contribution in [3.8, 4) is 0 Å². The van der Waals surface area contributed by atoms with E-state index in [0.717, 1.165) is 16.5 Å². The standard InChI is InChI=1S/C18H15FN4OS/c19-14-8-5-12(6-9-14)11-20-18(25)23-22-17(24)16-10-7-13-3-1-2-4-15(13)21-16/h1-10H,11H2,(H,22,24)(H2,20,23,25). The summed E-state index contributed by atoms with van der Waals surface area (Å²) < 4.78 is 12.8. The third kappa shape index (κ3) is 4.48. The molecule has 0 bridgehead atoms. The minimum absolute atomic E-state index is 0.249. The van der Waals surface area contributed by atoms with Gasteiger partial charge in [-0.2, -0.15) is 0 Å². The Morgan fingerprint density at radius 2 is 1.76 bits per heavy atom. The van der Waals surface area contributed by atoms with Crippen LogP contribution in [0.5, 0.6) is 0 Å². The smallest absolute Gasteiger partial charge is 0.288 e. The van der Waals surface area contributed by atoms with Gasteiger partial charge in [-0.1, -0.05) is 36.4 Å². The van der Waals surface area contributed by atoms with E-state index in [9.17, 15) is 9.18 Å². The lowest BCUT2D eigenvalue weighted by atomic mass is 10.2. The molecule has 0 aliphatic carbocycles. The summed E-state index contributed by atoms with van der Waals surface area (Å²) in [5.41, 5.74) is 7.01. The van der Waals surface area contributed by atoms with Gasteiger partial charge in [0.25, 0.3) is 5.91 Å². The topological polar surface area (TPSA) is 66.1 Å². The summed E-state index contributed by atoms with van der Waals surface area (Å²) in [6.45, 7) is 0.413. The number of carbonyl (C=O) groups is 1. The predicted molar refractivity (Wildman–Crippen MR) is 98.2 cm³/mol. The molecule has 0 radical (unpaired) electrons. The van der Waals surface area contributed by atoms with Crippen LogP contribution in [0.25, 0.3) is 10.9 Å². The Labute approximate surface area is 149 Å². The number of thiocarbonyl (C=S) groups is 1. The first-order valence-corrected chi connectivity index (χ1v) is 7.97. The van der Waals surface area contributed by atoms with E-state index in [-0.39, 0.29) is 16.6 Å². The highest BCUT2D eigenvalue weighted by atomic mass is 32.1. The van der Waals surface area contributed by atoms with Gasteiger partial charge in [0.1, 0.15) is 11.5 Å². The summed E-state index contributed by atoms with van der Waals surface area (Å²) >= 11 is 5.09. The number of hydrogen-bond acceptors (Lipinski definition) is 3. The number of para-hydroxylation sites is 1. The maximum atomic E-state index is 12.8. The molecule has 5 nitrogen and oxygen atoms in total. The van der Waals surface area contributed by atoms with Gasteiger partial charge >= 0.3 is 0 Å². The van der Waals surface area contributed by atoms with Crippen molar-refractivity contribution < 1.29 is 9.18 Å². The van der Waals surface area contributed by atoms with E-state index in [4.69, 9.17) is 12.2 Å². The average molecular weight is 354 g/mol. The number of nitrogens with one attached hydrogen (secondary N) is 3. The lowest BCUT2D eigenvalue weighted by molar-refractivity contribution is 0.0939. The van der Waals surface area contributed by atoms with Crippen molar-refractivity contribution in [2.45, 2.75) is 6.54 Å². The first-order chi connectivity index (χ1) is 12.1. The molecule has 3 N–H and O–H groups in total. The third-order valence-corrected chi connectivity index (χ3v) is 3.73. The molecule has 0 aliphatic heterocycles. The van der Waals surface area contributed by atoms with E-state index in [1.165, 1.54) is 12.1 Å². The quantitative estimate of drug-likeness (QED) is 0.499. The van der Waals surface area contributed by atoms with E-state index in [0.29, 0.717) is 6.54 Å². The molecular formula is C18H15FN4OS. The normalized spacial score (nSPS) is 10.3. The largest absolute Gasteiger partial charge is 0.357 e. The van der Waals surface area contributed by atoms with Crippen molar-refractivity contribution in [2.24, 2.45) is 0 Å². The molecule has 1 aromatic heterocycles. The minimum atomic E-state index is -0.392. The molecule has 7 heteroatoms. The number of hydrogen-bond donors (Lipinski definition) is 3. The Hall–Kier alpha value is -3.06. The monoisotopic (exact) mass is 354 g/mol. The molecule has 25 heavy (non-hydrogen) atoms. The summed E-state index contributed by atoms with van der Waals surface area (Å²) in [6, 6.07) is 17.1. The summed E-state index contributed by atoms with van der Waals surface area (Å²) in [6.07, 6.45) is 0. The predicted octanol–water partition coefficient (Wildman–Crippen LogP) is 2.68. The van der Waals surface area contributed by atoms with E-state index in [1.807, 2.05) is 30.3 Å². The fourth-order valence-electron chi connectivity index (χ4n) is 2.20. The van der Waals surface area contributed by atoms with E-state index >= 15 is 0 Å². The van der Waals surface area contributed by atoms with Crippen molar-refractivity contribution >= 4 is 34.1 Å². The first-order valence-electron chi connectivity index (χ1n) is 7.56. The molecular weight excluding hydrogens is 339 g/mol. The number of rotatable bonds is 3. The van der Waals surface area contributed by atoms with Crippen LogP contribution in [-0.4, -0.2) is 16.0 Å². The molecule has 0 fully saturated rings. The third-order valence-electron chi connectivity index (χ3n) is 3.49. The summed E-state index contributed by atoms with van der Waals surface area (Å²) in [4.78, 5) is 16.4. The van der Waals surface area contributed by atoms with Crippen LogP contribution in [0.1, 0.15) is 16.1 Å². The Morgan fingerprint density at radius 1 is 1.00 bits per heavy atom. The second kappa shape index (κ2) is 7.67. The van der Waals surface area contributed by atoms with Crippen LogP contribution in [-0.2, 0) is 6.54 Å². The summed E-state index contributed by atoms with van der Waals surface area (Å²) in [7, 11) is 0. The van der Waals surface area contributed by atoms with Gasteiger partial charge in [0.05, 0.1) is 5.52 Å². The Kier molecular flexibility index (Phi) is 5.15. The van der Waals surface area contributed by atoms with Gasteiger partial charge in [0, 0.05) is 11.9 Å². The highest BCUT2D eigenvalue weighted by molar-refractivity contribution is 7.80. The van der Waals surface area contributed by atoms with Crippen LogP contribution >= 0.6 is 12.2 Å². The van der Waals surface area contributed by atoms with Gasteiger partial charge in [-0.05, 0) is 42.0 Å². The van der Waals surface area contributed by atoms with Gasteiger partial charge in [-0.25, -0.2) is 9.37 Å². The number of halogens is 1. The molecule has 126 valence electrons. The molecule has 0 aliphatic rings.